The molecule has 172 valence electrons. The van der Waals surface area contributed by atoms with E-state index < -0.39 is 11.7 Å². The Morgan fingerprint density at radius 2 is 1.97 bits per heavy atom. The van der Waals surface area contributed by atoms with Crippen molar-refractivity contribution in [3.05, 3.63) is 29.3 Å². The third-order valence-electron chi connectivity index (χ3n) is 5.42. The smallest absolute Gasteiger partial charge is 0.407 e. The lowest BCUT2D eigenvalue weighted by Gasteiger charge is -2.30. The summed E-state index contributed by atoms with van der Waals surface area (Å²) < 4.78 is 16.4. The van der Waals surface area contributed by atoms with Crippen molar-refractivity contribution in [1.82, 2.24) is 10.2 Å². The molecule has 2 heterocycles. The second-order valence-corrected chi connectivity index (χ2v) is 9.33. The van der Waals surface area contributed by atoms with E-state index in [9.17, 15) is 9.59 Å². The number of fused-ring (bicyclic) bond motifs is 1. The molecule has 8 nitrogen and oxygen atoms in total. The van der Waals surface area contributed by atoms with Crippen molar-refractivity contribution in [3.63, 3.8) is 0 Å². The number of ether oxygens (including phenoxy) is 3. The van der Waals surface area contributed by atoms with Crippen LogP contribution >= 0.6 is 0 Å². The predicted molar refractivity (Wildman–Crippen MR) is 117 cm³/mol. The highest BCUT2D eigenvalue weighted by molar-refractivity contribution is 5.94. The number of carbonyl (C=O) groups excluding carboxylic acids is 2. The summed E-state index contributed by atoms with van der Waals surface area (Å²) in [5, 5.41) is 2.85. The van der Waals surface area contributed by atoms with Gasteiger partial charge in [-0.2, -0.15) is 0 Å². The van der Waals surface area contributed by atoms with Gasteiger partial charge in [-0.25, -0.2) is 4.79 Å². The summed E-state index contributed by atoms with van der Waals surface area (Å²) in [6.07, 6.45) is 0.353. The zero-order valence-electron chi connectivity index (χ0n) is 19.2. The van der Waals surface area contributed by atoms with Gasteiger partial charge in [-0.1, -0.05) is 0 Å². The first-order valence-corrected chi connectivity index (χ1v) is 11.2. The molecule has 0 aromatic heterocycles. The van der Waals surface area contributed by atoms with Crippen LogP contribution in [0.2, 0.25) is 0 Å². The summed E-state index contributed by atoms with van der Waals surface area (Å²) in [6, 6.07) is 5.40. The molecule has 0 aliphatic carbocycles. The molecule has 31 heavy (non-hydrogen) atoms. The Morgan fingerprint density at radius 1 is 1.23 bits per heavy atom. The molecule has 1 aromatic carbocycles. The molecule has 2 N–H and O–H groups in total. The summed E-state index contributed by atoms with van der Waals surface area (Å²) in [7, 11) is 0. The lowest BCUT2D eigenvalue weighted by atomic mass is 10.1. The largest absolute Gasteiger partial charge is 0.493 e. The molecule has 0 spiro atoms. The molecule has 0 bridgehead atoms. The number of benzene rings is 1. The van der Waals surface area contributed by atoms with Crippen molar-refractivity contribution < 1.29 is 28.7 Å². The average Bonchev–Trinajstić information content (AvgIpc) is 3.17. The monoisotopic (exact) mass is 434 g/mol. The number of nitrogens with zero attached hydrogens (tertiary/aromatic N) is 1. The van der Waals surface area contributed by atoms with Crippen LogP contribution in [0.4, 0.5) is 4.79 Å². The lowest BCUT2D eigenvalue weighted by Crippen LogP contribution is -3.14. The van der Waals surface area contributed by atoms with Crippen molar-refractivity contribution in [2.24, 2.45) is 0 Å². The van der Waals surface area contributed by atoms with Crippen LogP contribution in [-0.4, -0.2) is 81.1 Å². The van der Waals surface area contributed by atoms with Crippen LogP contribution in [-0.2, 0) is 15.9 Å². The molecular weight excluding hydrogens is 398 g/mol. The minimum Gasteiger partial charge on any atom is -0.493 e. The Balaban J connectivity index is 1.66. The Kier molecular flexibility index (Phi) is 7.78. The fourth-order valence-corrected chi connectivity index (χ4v) is 3.87. The Morgan fingerprint density at radius 3 is 2.68 bits per heavy atom. The highest BCUT2D eigenvalue weighted by Crippen LogP contribution is 2.26. The van der Waals surface area contributed by atoms with Crippen molar-refractivity contribution in [3.8, 4) is 5.75 Å². The summed E-state index contributed by atoms with van der Waals surface area (Å²) in [6.45, 7) is 13.3. The number of carbonyl (C=O) groups is 2. The van der Waals surface area contributed by atoms with Gasteiger partial charge in [0, 0.05) is 24.6 Å². The van der Waals surface area contributed by atoms with E-state index in [2.05, 4.69) is 5.32 Å². The van der Waals surface area contributed by atoms with Crippen LogP contribution < -0.4 is 15.0 Å². The number of morpholine rings is 1. The van der Waals surface area contributed by atoms with E-state index >= 15 is 0 Å². The predicted octanol–water partition coefficient (Wildman–Crippen LogP) is 0.892. The maximum Gasteiger partial charge on any atom is 0.407 e. The van der Waals surface area contributed by atoms with Crippen LogP contribution in [0.1, 0.15) is 43.6 Å². The van der Waals surface area contributed by atoms with Gasteiger partial charge in [0.05, 0.1) is 32.9 Å². The SMILES string of the molecule is C[C@H](CN(CC[NH+]1CCOCC1)C(=O)c1ccc2c(c1)CCO2)NC(=O)OC(C)(C)C. The number of quaternary nitrogens is 1. The number of rotatable bonds is 7. The van der Waals surface area contributed by atoms with Crippen molar-refractivity contribution in [1.29, 1.82) is 0 Å². The molecule has 8 heteroatoms. The van der Waals surface area contributed by atoms with Crippen molar-refractivity contribution >= 4 is 12.0 Å². The third kappa shape index (κ3) is 7.11. The molecule has 1 fully saturated rings. The first-order chi connectivity index (χ1) is 14.7. The fourth-order valence-electron chi connectivity index (χ4n) is 3.87. The standard InChI is InChI=1S/C23H35N3O5/c1-17(24-22(28)31-23(2,3)4)16-26(9-8-25-10-13-29-14-11-25)21(27)19-5-6-20-18(15-19)7-12-30-20/h5-6,15,17H,7-14,16H2,1-4H3,(H,24,28)/p+1/t17-/m1/s1. The molecule has 0 unspecified atom stereocenters. The van der Waals surface area contributed by atoms with E-state index in [1.54, 1.807) is 0 Å². The fraction of sp³-hybridized carbons (Fsp3) is 0.652. The number of alkyl carbamates (subject to hydrolysis) is 1. The molecule has 1 saturated heterocycles. The summed E-state index contributed by atoms with van der Waals surface area (Å²) in [4.78, 5) is 28.8. The number of hydrogen-bond donors (Lipinski definition) is 2. The van der Waals surface area contributed by atoms with Crippen LogP contribution in [0.3, 0.4) is 0 Å². The second kappa shape index (κ2) is 10.3. The molecule has 3 rings (SSSR count). The third-order valence-corrected chi connectivity index (χ3v) is 5.42. The highest BCUT2D eigenvalue weighted by atomic mass is 16.6. The zero-order valence-corrected chi connectivity index (χ0v) is 19.2. The molecular formula is C23H36N3O5+. The molecule has 0 radical (unpaired) electrons. The van der Waals surface area contributed by atoms with E-state index in [4.69, 9.17) is 14.2 Å². The first kappa shape index (κ1) is 23.3. The van der Waals surface area contributed by atoms with Gasteiger partial charge in [0.15, 0.2) is 0 Å². The normalized spacial score (nSPS) is 17.4. The van der Waals surface area contributed by atoms with E-state index in [-0.39, 0.29) is 11.9 Å². The molecule has 0 saturated carbocycles. The van der Waals surface area contributed by atoms with Crippen LogP contribution in [0.5, 0.6) is 5.75 Å². The van der Waals surface area contributed by atoms with Gasteiger partial charge in [-0.15, -0.1) is 0 Å². The van der Waals surface area contributed by atoms with Crippen molar-refractivity contribution in [2.75, 3.05) is 52.5 Å². The van der Waals surface area contributed by atoms with Gasteiger partial charge in [0.2, 0.25) is 0 Å². The van der Waals surface area contributed by atoms with E-state index in [0.717, 1.165) is 50.6 Å². The number of amides is 2. The molecule has 2 amide bonds. The second-order valence-electron chi connectivity index (χ2n) is 9.33. The minimum atomic E-state index is -0.564. The van der Waals surface area contributed by atoms with Crippen LogP contribution in [0, 0.1) is 0 Å². The van der Waals surface area contributed by atoms with E-state index in [1.165, 1.54) is 4.90 Å². The topological polar surface area (TPSA) is 81.5 Å². The molecule has 1 atom stereocenters. The Labute approximate surface area is 184 Å². The van der Waals surface area contributed by atoms with Gasteiger partial charge in [-0.3, -0.25) is 4.79 Å². The quantitative estimate of drug-likeness (QED) is 0.666. The number of nitrogens with one attached hydrogen (secondary N) is 2. The summed E-state index contributed by atoms with van der Waals surface area (Å²) >= 11 is 0. The van der Waals surface area contributed by atoms with Gasteiger partial charge < -0.3 is 29.3 Å². The van der Waals surface area contributed by atoms with E-state index in [1.807, 2.05) is 50.8 Å². The first-order valence-electron chi connectivity index (χ1n) is 11.2. The van der Waals surface area contributed by atoms with Crippen LogP contribution in [0.25, 0.3) is 0 Å². The summed E-state index contributed by atoms with van der Waals surface area (Å²) in [5.74, 6) is 0.834. The van der Waals surface area contributed by atoms with Crippen molar-refractivity contribution in [2.45, 2.75) is 45.8 Å². The minimum absolute atomic E-state index is 0.0276. The maximum atomic E-state index is 13.4. The molecule has 1 aromatic rings. The Bertz CT molecular complexity index is 771. The zero-order chi connectivity index (χ0) is 22.4. The number of hydrogen-bond acceptors (Lipinski definition) is 5. The molecule has 2 aliphatic rings. The Hall–Kier alpha value is -2.32. The van der Waals surface area contributed by atoms with Gasteiger partial charge in [-0.05, 0) is 51.5 Å². The van der Waals surface area contributed by atoms with Crippen LogP contribution in [0.15, 0.2) is 18.2 Å². The van der Waals surface area contributed by atoms with Gasteiger partial charge in [0.25, 0.3) is 5.91 Å². The average molecular weight is 435 g/mol. The van der Waals surface area contributed by atoms with Gasteiger partial charge in [0.1, 0.15) is 24.4 Å². The highest BCUT2D eigenvalue weighted by Gasteiger charge is 2.25. The van der Waals surface area contributed by atoms with Gasteiger partial charge >= 0.3 is 6.09 Å². The summed E-state index contributed by atoms with van der Waals surface area (Å²) in [5.41, 5.74) is 1.17. The lowest BCUT2D eigenvalue weighted by molar-refractivity contribution is -0.907. The maximum absolute atomic E-state index is 13.4. The molecule has 2 aliphatic heterocycles. The van der Waals surface area contributed by atoms with E-state index in [0.29, 0.717) is 25.3 Å².